The first kappa shape index (κ1) is 17.4. The average Bonchev–Trinajstić information content (AvgIpc) is 3.53. The van der Waals surface area contributed by atoms with Gasteiger partial charge in [-0.05, 0) is 86.7 Å². The van der Waals surface area contributed by atoms with Crippen molar-refractivity contribution in [1.29, 1.82) is 0 Å². The van der Waals surface area contributed by atoms with E-state index >= 15 is 0 Å². The van der Waals surface area contributed by atoms with Crippen molar-refractivity contribution in [2.75, 3.05) is 0 Å². The number of rotatable bonds is 0. The Kier molecular flexibility index (Phi) is 3.00. The van der Waals surface area contributed by atoms with Crippen molar-refractivity contribution in [1.82, 2.24) is 4.57 Å². The second kappa shape index (κ2) is 5.87. The van der Waals surface area contributed by atoms with E-state index in [4.69, 9.17) is 0 Å². The molecular weight excluding hydrogens is 410 g/mol. The van der Waals surface area contributed by atoms with Crippen LogP contribution in [0.15, 0.2) is 91.0 Å². The third-order valence-corrected chi connectivity index (χ3v) is 8.47. The number of hydrogen-bond donors (Lipinski definition) is 0. The molecule has 0 fully saturated rings. The molecule has 0 amide bonds. The van der Waals surface area contributed by atoms with Crippen molar-refractivity contribution < 1.29 is 0 Å². The van der Waals surface area contributed by atoms with E-state index in [1.54, 1.807) is 11.1 Å². The molecule has 0 bridgehead atoms. The van der Waals surface area contributed by atoms with Gasteiger partial charge in [0.05, 0.1) is 11.0 Å². The summed E-state index contributed by atoms with van der Waals surface area (Å²) in [6, 6.07) is 34.4. The maximum absolute atomic E-state index is 2.53. The minimum atomic E-state index is 1.01. The van der Waals surface area contributed by atoms with Crippen molar-refractivity contribution in [3.8, 4) is 27.9 Å². The standard InChI is InChI=1S/C33H21N/c1-3-9-23-19(6-1)15-28-24(23)12-13-25-27-18-32-30(17-22(27)16-29(25)28)26-10-5-8-21-14-20-7-2-4-11-31(20)34(32)33(21)26/h1-13,17-18H,14-16H2. The smallest absolute Gasteiger partial charge is 0.0576 e. The van der Waals surface area contributed by atoms with Gasteiger partial charge in [-0.2, -0.15) is 0 Å². The van der Waals surface area contributed by atoms with Crippen molar-refractivity contribution in [3.63, 3.8) is 0 Å². The number of para-hydroxylation sites is 2. The van der Waals surface area contributed by atoms with E-state index in [-0.39, 0.29) is 0 Å². The van der Waals surface area contributed by atoms with Crippen LogP contribution in [0, 0.1) is 0 Å². The quantitative estimate of drug-likeness (QED) is 0.231. The normalized spacial score (nSPS) is 14.1. The monoisotopic (exact) mass is 431 g/mol. The van der Waals surface area contributed by atoms with E-state index in [0.29, 0.717) is 0 Å². The zero-order chi connectivity index (χ0) is 22.0. The van der Waals surface area contributed by atoms with Crippen LogP contribution in [0.2, 0.25) is 0 Å². The number of fused-ring (bicyclic) bond motifs is 12. The van der Waals surface area contributed by atoms with Crippen LogP contribution in [0.1, 0.15) is 33.4 Å². The Labute approximate surface area is 197 Å². The SMILES string of the molecule is c1ccc2c(c1)Cc1c-2ccc2c1Cc1cc3c4cccc5c4n(c3cc1-2)-c1ccccc1C5. The molecule has 1 nitrogen and oxygen atoms in total. The van der Waals surface area contributed by atoms with Gasteiger partial charge in [-0.25, -0.2) is 0 Å². The second-order valence-corrected chi connectivity index (χ2v) is 10.1. The van der Waals surface area contributed by atoms with Crippen LogP contribution < -0.4 is 0 Å². The lowest BCUT2D eigenvalue weighted by atomic mass is 9.96. The predicted molar refractivity (Wildman–Crippen MR) is 140 cm³/mol. The first-order chi connectivity index (χ1) is 16.8. The predicted octanol–water partition coefficient (Wildman–Crippen LogP) is 7.83. The minimum absolute atomic E-state index is 1.01. The van der Waals surface area contributed by atoms with Gasteiger partial charge in [-0.3, -0.25) is 0 Å². The lowest BCUT2D eigenvalue weighted by Gasteiger charge is -2.20. The van der Waals surface area contributed by atoms with Crippen LogP contribution in [-0.2, 0) is 19.3 Å². The van der Waals surface area contributed by atoms with Crippen LogP contribution in [-0.4, -0.2) is 4.57 Å². The molecule has 0 unspecified atom stereocenters. The van der Waals surface area contributed by atoms with Gasteiger partial charge in [0.15, 0.2) is 0 Å². The van der Waals surface area contributed by atoms with Crippen LogP contribution in [0.5, 0.6) is 0 Å². The zero-order valence-electron chi connectivity index (χ0n) is 18.7. The molecule has 3 aliphatic rings. The largest absolute Gasteiger partial charge is 0.309 e. The van der Waals surface area contributed by atoms with E-state index in [0.717, 1.165) is 19.3 Å². The second-order valence-electron chi connectivity index (χ2n) is 10.1. The Morgan fingerprint density at radius 3 is 2.12 bits per heavy atom. The number of aromatic nitrogens is 1. The van der Waals surface area contributed by atoms with Crippen LogP contribution in [0.4, 0.5) is 0 Å². The summed E-state index contributed by atoms with van der Waals surface area (Å²) in [7, 11) is 0. The number of benzene rings is 5. The van der Waals surface area contributed by atoms with Crippen LogP contribution in [0.3, 0.4) is 0 Å². The van der Waals surface area contributed by atoms with Gasteiger partial charge in [0.25, 0.3) is 0 Å². The van der Waals surface area contributed by atoms with E-state index in [1.165, 1.54) is 72.0 Å². The van der Waals surface area contributed by atoms with E-state index in [2.05, 4.69) is 95.6 Å². The molecule has 0 saturated carbocycles. The summed E-state index contributed by atoms with van der Waals surface area (Å²) in [4.78, 5) is 0. The Bertz CT molecular complexity index is 1880. The van der Waals surface area contributed by atoms with Crippen molar-refractivity contribution in [2.24, 2.45) is 0 Å². The molecule has 5 aromatic carbocycles. The maximum Gasteiger partial charge on any atom is 0.0576 e. The van der Waals surface area contributed by atoms with Crippen LogP contribution in [0.25, 0.3) is 49.7 Å². The van der Waals surface area contributed by atoms with Gasteiger partial charge in [0.1, 0.15) is 0 Å². The fourth-order valence-corrected chi connectivity index (χ4v) is 7.02. The van der Waals surface area contributed by atoms with Gasteiger partial charge >= 0.3 is 0 Å². The summed E-state index contributed by atoms with van der Waals surface area (Å²) in [6.45, 7) is 0. The maximum atomic E-state index is 2.53. The molecule has 1 aromatic heterocycles. The van der Waals surface area contributed by atoms with Crippen molar-refractivity contribution in [3.05, 3.63) is 124 Å². The highest BCUT2D eigenvalue weighted by Crippen LogP contribution is 2.49. The first-order valence-electron chi connectivity index (χ1n) is 12.3. The summed E-state index contributed by atoms with van der Waals surface area (Å²) in [5, 5.41) is 2.78. The molecule has 2 heterocycles. The summed E-state index contributed by atoms with van der Waals surface area (Å²) in [5.41, 5.74) is 18.7. The van der Waals surface area contributed by atoms with Crippen molar-refractivity contribution >= 4 is 21.8 Å². The molecule has 0 spiro atoms. The van der Waals surface area contributed by atoms with E-state index in [1.807, 2.05) is 0 Å². The lowest BCUT2D eigenvalue weighted by Crippen LogP contribution is -2.07. The number of nitrogens with zero attached hydrogens (tertiary/aromatic N) is 1. The molecule has 0 saturated heterocycles. The average molecular weight is 432 g/mol. The summed E-state index contributed by atoms with van der Waals surface area (Å²) < 4.78 is 2.53. The van der Waals surface area contributed by atoms with Crippen molar-refractivity contribution in [2.45, 2.75) is 19.3 Å². The topological polar surface area (TPSA) is 4.93 Å². The van der Waals surface area contributed by atoms with Gasteiger partial charge in [0.2, 0.25) is 0 Å². The third-order valence-electron chi connectivity index (χ3n) is 8.47. The van der Waals surface area contributed by atoms with Gasteiger partial charge in [0, 0.05) is 22.9 Å². The molecule has 0 atom stereocenters. The molecule has 158 valence electrons. The van der Waals surface area contributed by atoms with Gasteiger partial charge in [-0.1, -0.05) is 72.8 Å². The Morgan fingerprint density at radius 1 is 0.471 bits per heavy atom. The molecule has 0 N–H and O–H groups in total. The first-order valence-corrected chi connectivity index (χ1v) is 12.3. The molecule has 1 aliphatic heterocycles. The molecule has 2 aliphatic carbocycles. The third kappa shape index (κ3) is 1.98. The van der Waals surface area contributed by atoms with Gasteiger partial charge in [-0.15, -0.1) is 0 Å². The summed E-state index contributed by atoms with van der Waals surface area (Å²) in [5.74, 6) is 0. The molecule has 9 rings (SSSR count). The Balaban J connectivity index is 1.34. The Hall–Kier alpha value is -4.10. The number of hydrogen-bond acceptors (Lipinski definition) is 0. The van der Waals surface area contributed by atoms with Crippen LogP contribution >= 0.6 is 0 Å². The molecule has 34 heavy (non-hydrogen) atoms. The van der Waals surface area contributed by atoms with E-state index < -0.39 is 0 Å². The fourth-order valence-electron chi connectivity index (χ4n) is 7.02. The molecule has 0 radical (unpaired) electrons. The highest BCUT2D eigenvalue weighted by Gasteiger charge is 2.29. The Morgan fingerprint density at radius 2 is 1.21 bits per heavy atom. The fraction of sp³-hybridized carbons (Fsp3) is 0.0909. The lowest BCUT2D eigenvalue weighted by molar-refractivity contribution is 1.04. The van der Waals surface area contributed by atoms with E-state index in [9.17, 15) is 0 Å². The highest BCUT2D eigenvalue weighted by molar-refractivity contribution is 6.12. The molecule has 1 heteroatoms. The summed E-state index contributed by atoms with van der Waals surface area (Å²) >= 11 is 0. The molecular formula is C33H21N. The van der Waals surface area contributed by atoms with Gasteiger partial charge < -0.3 is 4.57 Å². The minimum Gasteiger partial charge on any atom is -0.309 e. The summed E-state index contributed by atoms with van der Waals surface area (Å²) in [6.07, 6.45) is 3.12. The highest BCUT2D eigenvalue weighted by atomic mass is 15.0. The zero-order valence-corrected chi connectivity index (χ0v) is 18.7. The molecule has 6 aromatic rings.